The fraction of sp³-hybridized carbons (Fsp3) is 0.350. The van der Waals surface area contributed by atoms with Crippen LogP contribution < -0.4 is 10.6 Å². The third kappa shape index (κ3) is 4.70. The van der Waals surface area contributed by atoms with Crippen molar-refractivity contribution in [3.8, 4) is 27.8 Å². The van der Waals surface area contributed by atoms with E-state index in [9.17, 15) is 17.6 Å². The summed E-state index contributed by atoms with van der Waals surface area (Å²) in [6.07, 6.45) is -0.134. The van der Waals surface area contributed by atoms with Crippen LogP contribution in [0, 0.1) is 17.1 Å². The minimum absolute atomic E-state index is 0.0937. The second kappa shape index (κ2) is 8.28. The molecule has 0 unspecified atom stereocenters. The first kappa shape index (κ1) is 21.3. The van der Waals surface area contributed by atoms with E-state index in [0.29, 0.717) is 39.9 Å². The van der Waals surface area contributed by atoms with E-state index in [4.69, 9.17) is 11.0 Å². The van der Waals surface area contributed by atoms with Crippen LogP contribution in [0.25, 0.3) is 21.7 Å². The number of rotatable bonds is 4. The van der Waals surface area contributed by atoms with Crippen molar-refractivity contribution in [2.24, 2.45) is 5.73 Å². The summed E-state index contributed by atoms with van der Waals surface area (Å²) in [4.78, 5) is 7.34. The van der Waals surface area contributed by atoms with Crippen LogP contribution in [0.1, 0.15) is 18.4 Å². The molecule has 0 aliphatic carbocycles. The molecule has 2 N–H and O–H groups in total. The zero-order valence-corrected chi connectivity index (χ0v) is 17.0. The van der Waals surface area contributed by atoms with E-state index in [1.165, 1.54) is 35.9 Å². The molecule has 4 rings (SSSR count). The smallest absolute Gasteiger partial charge is 0.348 e. The van der Waals surface area contributed by atoms with Crippen LogP contribution in [0.3, 0.4) is 0 Å². The van der Waals surface area contributed by atoms with Crippen LogP contribution in [-0.4, -0.2) is 40.1 Å². The highest BCUT2D eigenvalue weighted by atomic mass is 32.1. The monoisotopic (exact) mass is 450 g/mol. The topological polar surface area (TPSA) is 83.8 Å². The molecule has 3 heterocycles. The summed E-state index contributed by atoms with van der Waals surface area (Å²) in [6, 6.07) is 6.06. The molecule has 3 aromatic rings. The number of nitriles is 1. The van der Waals surface area contributed by atoms with Gasteiger partial charge in [0.15, 0.2) is 5.13 Å². The van der Waals surface area contributed by atoms with Gasteiger partial charge in [-0.2, -0.15) is 23.5 Å². The largest absolute Gasteiger partial charge is 0.408 e. The van der Waals surface area contributed by atoms with E-state index in [-0.39, 0.29) is 11.6 Å². The minimum Gasteiger partial charge on any atom is -0.348 e. The summed E-state index contributed by atoms with van der Waals surface area (Å²) in [5.41, 5.74) is 7.21. The van der Waals surface area contributed by atoms with E-state index in [2.05, 4.69) is 15.0 Å². The van der Waals surface area contributed by atoms with Crippen LogP contribution in [0.4, 0.5) is 22.7 Å². The Morgan fingerprint density at radius 3 is 2.61 bits per heavy atom. The molecule has 0 radical (unpaired) electrons. The Hall–Kier alpha value is -2.97. The molecule has 162 valence electrons. The van der Waals surface area contributed by atoms with Gasteiger partial charge >= 0.3 is 6.18 Å². The predicted octanol–water partition coefficient (Wildman–Crippen LogP) is 4.17. The SMILES string of the molecule is N#Cc1ccc(-c2nc(N3CCC(N)CC3)sc2-c2cnn(CC(F)(F)F)c2)cc1F. The maximum Gasteiger partial charge on any atom is 0.408 e. The fourth-order valence-electron chi connectivity index (χ4n) is 3.43. The van der Waals surface area contributed by atoms with Crippen LogP contribution in [-0.2, 0) is 6.54 Å². The lowest BCUT2D eigenvalue weighted by Gasteiger charge is -2.29. The van der Waals surface area contributed by atoms with Crippen molar-refractivity contribution in [2.75, 3.05) is 18.0 Å². The highest BCUT2D eigenvalue weighted by Crippen LogP contribution is 2.41. The molecule has 11 heteroatoms. The number of alkyl halides is 3. The second-order valence-electron chi connectivity index (χ2n) is 7.35. The minimum atomic E-state index is -4.40. The molecule has 0 bridgehead atoms. The average Bonchev–Trinajstić information content (AvgIpc) is 3.34. The number of hydrogen-bond acceptors (Lipinski definition) is 6. The van der Waals surface area contributed by atoms with Gasteiger partial charge in [0.05, 0.1) is 22.3 Å². The number of hydrogen-bond donors (Lipinski definition) is 1. The van der Waals surface area contributed by atoms with Crippen molar-refractivity contribution in [1.29, 1.82) is 5.26 Å². The molecule has 1 aliphatic rings. The first-order chi connectivity index (χ1) is 14.7. The molecule has 1 saturated heterocycles. The second-order valence-corrected chi connectivity index (χ2v) is 8.32. The Kier molecular flexibility index (Phi) is 5.68. The van der Waals surface area contributed by atoms with Gasteiger partial charge < -0.3 is 10.6 Å². The molecule has 1 aliphatic heterocycles. The summed E-state index contributed by atoms with van der Waals surface area (Å²) in [7, 11) is 0. The molecule has 31 heavy (non-hydrogen) atoms. The van der Waals surface area contributed by atoms with Gasteiger partial charge in [0.1, 0.15) is 18.4 Å². The van der Waals surface area contributed by atoms with Crippen molar-refractivity contribution in [1.82, 2.24) is 14.8 Å². The molecule has 2 aromatic heterocycles. The van der Waals surface area contributed by atoms with Gasteiger partial charge in [-0.15, -0.1) is 0 Å². The molecule has 0 atom stereocenters. The van der Waals surface area contributed by atoms with Gasteiger partial charge in [-0.1, -0.05) is 17.4 Å². The standard InChI is InChI=1S/C20H18F4N6S/c21-16-7-12(1-2-13(16)8-25)17-18(14-9-27-30(10-14)11-20(22,23)24)31-19(28-17)29-5-3-15(26)4-6-29/h1-2,7,9-10,15H,3-6,11,26H2. The Balaban J connectivity index is 1.76. The van der Waals surface area contributed by atoms with Crippen molar-refractivity contribution in [3.05, 3.63) is 42.0 Å². The van der Waals surface area contributed by atoms with Gasteiger partial charge in [0.2, 0.25) is 0 Å². The zero-order chi connectivity index (χ0) is 22.2. The number of aromatic nitrogens is 3. The first-order valence-electron chi connectivity index (χ1n) is 9.54. The molecule has 0 spiro atoms. The third-order valence-corrected chi connectivity index (χ3v) is 6.19. The van der Waals surface area contributed by atoms with E-state index >= 15 is 0 Å². The van der Waals surface area contributed by atoms with Crippen molar-refractivity contribution < 1.29 is 17.6 Å². The van der Waals surface area contributed by atoms with Gasteiger partial charge in [0, 0.05) is 36.5 Å². The summed E-state index contributed by atoms with van der Waals surface area (Å²) in [5, 5.41) is 13.5. The molecule has 0 saturated carbocycles. The van der Waals surface area contributed by atoms with E-state index in [1.54, 1.807) is 12.1 Å². The number of piperidine rings is 1. The molecular weight excluding hydrogens is 432 g/mol. The normalized spacial score (nSPS) is 15.3. The Morgan fingerprint density at radius 2 is 1.97 bits per heavy atom. The number of nitrogens with zero attached hydrogens (tertiary/aromatic N) is 5. The van der Waals surface area contributed by atoms with Crippen molar-refractivity contribution >= 4 is 16.5 Å². The van der Waals surface area contributed by atoms with Gasteiger partial charge in [-0.3, -0.25) is 4.68 Å². The molecule has 6 nitrogen and oxygen atoms in total. The molecular formula is C20H18F4N6S. The van der Waals surface area contributed by atoms with Crippen molar-refractivity contribution in [3.63, 3.8) is 0 Å². The number of halogens is 4. The maximum absolute atomic E-state index is 14.3. The number of benzene rings is 1. The van der Waals surface area contributed by atoms with E-state index < -0.39 is 18.5 Å². The van der Waals surface area contributed by atoms with Gasteiger partial charge in [-0.05, 0) is 25.0 Å². The summed E-state index contributed by atoms with van der Waals surface area (Å²) >= 11 is 1.31. The Bertz CT molecular complexity index is 1120. The summed E-state index contributed by atoms with van der Waals surface area (Å²) in [6.45, 7) is 0.217. The van der Waals surface area contributed by atoms with Gasteiger partial charge in [0.25, 0.3) is 0 Å². The number of thiazole rings is 1. The number of nitrogens with two attached hydrogens (primary N) is 1. The zero-order valence-electron chi connectivity index (χ0n) is 16.2. The van der Waals surface area contributed by atoms with Gasteiger partial charge in [-0.25, -0.2) is 9.37 Å². The molecule has 1 fully saturated rings. The highest BCUT2D eigenvalue weighted by Gasteiger charge is 2.29. The summed E-state index contributed by atoms with van der Waals surface area (Å²) in [5.74, 6) is -0.683. The lowest BCUT2D eigenvalue weighted by atomic mass is 10.1. The van der Waals surface area contributed by atoms with E-state index in [0.717, 1.165) is 17.5 Å². The first-order valence-corrected chi connectivity index (χ1v) is 10.4. The molecule has 0 amide bonds. The van der Waals surface area contributed by atoms with Crippen LogP contribution in [0.5, 0.6) is 0 Å². The lowest BCUT2D eigenvalue weighted by Crippen LogP contribution is -2.39. The van der Waals surface area contributed by atoms with Crippen LogP contribution >= 0.6 is 11.3 Å². The van der Waals surface area contributed by atoms with E-state index in [1.807, 2.05) is 0 Å². The third-order valence-electron chi connectivity index (χ3n) is 5.03. The van der Waals surface area contributed by atoms with Crippen LogP contribution in [0.2, 0.25) is 0 Å². The van der Waals surface area contributed by atoms with Crippen molar-refractivity contribution in [2.45, 2.75) is 31.6 Å². The predicted molar refractivity (Wildman–Crippen MR) is 109 cm³/mol. The molecule has 1 aromatic carbocycles. The average molecular weight is 450 g/mol. The quantitative estimate of drug-likeness (QED) is 0.603. The number of anilines is 1. The lowest BCUT2D eigenvalue weighted by molar-refractivity contribution is -0.142. The Labute approximate surface area is 179 Å². The highest BCUT2D eigenvalue weighted by molar-refractivity contribution is 7.19. The fourth-order valence-corrected chi connectivity index (χ4v) is 4.54. The summed E-state index contributed by atoms with van der Waals surface area (Å²) < 4.78 is 53.3. The Morgan fingerprint density at radius 1 is 1.23 bits per heavy atom. The van der Waals surface area contributed by atoms with Crippen LogP contribution in [0.15, 0.2) is 30.6 Å². The maximum atomic E-state index is 14.3.